The highest BCUT2D eigenvalue weighted by atomic mass is 16.7. The molecule has 1 amide bonds. The van der Waals surface area contributed by atoms with Crippen molar-refractivity contribution in [2.75, 3.05) is 0 Å². The predicted octanol–water partition coefficient (Wildman–Crippen LogP) is 1.79. The van der Waals surface area contributed by atoms with Gasteiger partial charge < -0.3 is 25.1 Å². The van der Waals surface area contributed by atoms with Crippen LogP contribution in [0.2, 0.25) is 0 Å². The lowest BCUT2D eigenvalue weighted by molar-refractivity contribution is -0.148. The maximum absolute atomic E-state index is 12.2. The maximum atomic E-state index is 12.2. The second-order valence-corrected chi connectivity index (χ2v) is 6.58. The molecule has 1 unspecified atom stereocenters. The van der Waals surface area contributed by atoms with Crippen LogP contribution in [0.15, 0.2) is 12.1 Å². The Kier molecular flexibility index (Phi) is 5.89. The molecule has 0 saturated heterocycles. The molecule has 1 rings (SSSR count). The molecule has 0 aliphatic rings. The van der Waals surface area contributed by atoms with Gasteiger partial charge in [0.2, 0.25) is 11.8 Å². The summed E-state index contributed by atoms with van der Waals surface area (Å²) in [5.74, 6) is -1.60. The van der Waals surface area contributed by atoms with E-state index in [0.717, 1.165) is 0 Å². The van der Waals surface area contributed by atoms with Gasteiger partial charge in [-0.3, -0.25) is 0 Å². The smallest absolute Gasteiger partial charge is 0.408 e. The Labute approximate surface area is 135 Å². The highest BCUT2D eigenvalue weighted by Gasteiger charge is 2.28. The zero-order chi connectivity index (χ0) is 17.8. The molecule has 8 heteroatoms. The topological polar surface area (TPSA) is 110 Å². The van der Waals surface area contributed by atoms with Crippen LogP contribution in [0.25, 0.3) is 0 Å². The van der Waals surface area contributed by atoms with Crippen molar-refractivity contribution in [3.63, 3.8) is 0 Å². The zero-order valence-corrected chi connectivity index (χ0v) is 14.0. The number of hydrogen-bond acceptors (Lipinski definition) is 6. The number of alkyl carbamates (subject to hydrolysis) is 1. The maximum Gasteiger partial charge on any atom is 0.408 e. The van der Waals surface area contributed by atoms with Crippen LogP contribution < -0.4 is 10.2 Å². The van der Waals surface area contributed by atoms with E-state index >= 15 is 0 Å². The number of hydrogen-bond donors (Lipinski definition) is 3. The molecule has 0 radical (unpaired) electrons. The van der Waals surface area contributed by atoms with Crippen molar-refractivity contribution in [3.8, 4) is 11.8 Å². The van der Waals surface area contributed by atoms with E-state index in [1.54, 1.807) is 20.8 Å². The van der Waals surface area contributed by atoms with E-state index in [1.807, 2.05) is 13.8 Å². The number of ether oxygens (including phenoxy) is 1. The van der Waals surface area contributed by atoms with Gasteiger partial charge >= 0.3 is 12.1 Å². The molecule has 0 fully saturated rings. The number of rotatable bonds is 5. The van der Waals surface area contributed by atoms with Crippen LogP contribution in [0.1, 0.15) is 41.0 Å². The number of carbonyl (C=O) groups excluding carboxylic acids is 2. The molecule has 3 N–H and O–H groups in total. The summed E-state index contributed by atoms with van der Waals surface area (Å²) in [6.07, 6.45) is -0.443. The second kappa shape index (κ2) is 7.26. The minimum atomic E-state index is -0.981. The van der Waals surface area contributed by atoms with Crippen molar-refractivity contribution in [3.05, 3.63) is 12.1 Å². The first-order valence-corrected chi connectivity index (χ1v) is 7.31. The molecule has 0 bridgehead atoms. The summed E-state index contributed by atoms with van der Waals surface area (Å²) in [4.78, 5) is 29.0. The van der Waals surface area contributed by atoms with E-state index in [-0.39, 0.29) is 5.92 Å². The number of nitrogens with zero attached hydrogens (tertiary/aromatic N) is 1. The van der Waals surface area contributed by atoms with Gasteiger partial charge in [-0.25, -0.2) is 9.59 Å². The Bertz CT molecular complexity index is 539. The van der Waals surface area contributed by atoms with Gasteiger partial charge in [-0.1, -0.05) is 13.8 Å². The summed E-state index contributed by atoms with van der Waals surface area (Å²) < 4.78 is 5.70. The quantitative estimate of drug-likeness (QED) is 0.760. The Morgan fingerprint density at radius 3 is 2.17 bits per heavy atom. The summed E-state index contributed by atoms with van der Waals surface area (Å²) >= 11 is 0. The lowest BCUT2D eigenvalue weighted by atomic mass is 10.0. The average Bonchev–Trinajstić information content (AvgIpc) is 2.66. The largest absolute Gasteiger partial charge is 0.492 e. The van der Waals surface area contributed by atoms with Gasteiger partial charge in [0.15, 0.2) is 0 Å². The van der Waals surface area contributed by atoms with Crippen LogP contribution in [0.4, 0.5) is 4.79 Å². The number of nitrogens with one attached hydrogen (secondary N) is 1. The standard InChI is InChI=1S/C15H24N2O6/c1-9(2)8-10(16-14(21)22-15(3,4)5)13(20)23-17-11(18)6-7-12(17)19/h6-7,9-10,18-19H,8H2,1-5H3,(H,16,21). The van der Waals surface area contributed by atoms with Gasteiger partial charge in [-0.2, -0.15) is 0 Å². The van der Waals surface area contributed by atoms with Crippen LogP contribution in [0.5, 0.6) is 11.8 Å². The Hall–Kier alpha value is -2.38. The van der Waals surface area contributed by atoms with Crippen molar-refractivity contribution in [1.82, 2.24) is 10.0 Å². The third-order valence-electron chi connectivity index (χ3n) is 2.66. The van der Waals surface area contributed by atoms with Crippen LogP contribution in [-0.4, -0.2) is 38.6 Å². The molecule has 0 saturated carbocycles. The first-order valence-electron chi connectivity index (χ1n) is 7.31. The SMILES string of the molecule is CC(C)CC(NC(=O)OC(C)(C)C)C(=O)On1c(O)ccc1O. The molecule has 1 atom stereocenters. The average molecular weight is 328 g/mol. The number of aromatic nitrogens is 1. The summed E-state index contributed by atoms with van der Waals surface area (Å²) in [6.45, 7) is 8.87. The fraction of sp³-hybridized carbons (Fsp3) is 0.600. The van der Waals surface area contributed by atoms with Crippen LogP contribution in [-0.2, 0) is 9.53 Å². The molecular weight excluding hydrogens is 304 g/mol. The first-order chi connectivity index (χ1) is 10.5. The monoisotopic (exact) mass is 328 g/mol. The van der Waals surface area contributed by atoms with Gasteiger partial charge in [0, 0.05) is 12.1 Å². The van der Waals surface area contributed by atoms with Crippen molar-refractivity contribution >= 4 is 12.1 Å². The van der Waals surface area contributed by atoms with E-state index in [2.05, 4.69) is 5.32 Å². The number of amides is 1. The predicted molar refractivity (Wildman–Crippen MR) is 82.0 cm³/mol. The molecule has 130 valence electrons. The molecule has 1 heterocycles. The van der Waals surface area contributed by atoms with Gasteiger partial charge in [0.25, 0.3) is 0 Å². The highest BCUT2D eigenvalue weighted by molar-refractivity contribution is 5.81. The summed E-state index contributed by atoms with van der Waals surface area (Å²) in [5.41, 5.74) is -0.701. The van der Waals surface area contributed by atoms with Gasteiger partial charge in [0.1, 0.15) is 11.6 Å². The van der Waals surface area contributed by atoms with E-state index in [0.29, 0.717) is 11.2 Å². The minimum absolute atomic E-state index is 0.0920. The van der Waals surface area contributed by atoms with E-state index in [1.165, 1.54) is 12.1 Å². The number of aromatic hydroxyl groups is 2. The van der Waals surface area contributed by atoms with Gasteiger partial charge in [0.05, 0.1) is 0 Å². The molecule has 0 aromatic carbocycles. The molecule has 0 aliphatic carbocycles. The van der Waals surface area contributed by atoms with Crippen LogP contribution >= 0.6 is 0 Å². The Balaban J connectivity index is 2.80. The van der Waals surface area contributed by atoms with Crippen LogP contribution in [0, 0.1) is 5.92 Å². The van der Waals surface area contributed by atoms with Crippen molar-refractivity contribution < 1.29 is 29.4 Å². The first kappa shape index (κ1) is 18.7. The summed E-state index contributed by atoms with van der Waals surface area (Å²) in [5, 5.41) is 21.4. The molecule has 0 aliphatic heterocycles. The Morgan fingerprint density at radius 1 is 1.22 bits per heavy atom. The van der Waals surface area contributed by atoms with E-state index < -0.39 is 35.5 Å². The molecule has 0 spiro atoms. The zero-order valence-electron chi connectivity index (χ0n) is 14.0. The van der Waals surface area contributed by atoms with E-state index in [4.69, 9.17) is 9.57 Å². The normalized spacial score (nSPS) is 12.8. The van der Waals surface area contributed by atoms with Crippen molar-refractivity contribution in [2.24, 2.45) is 5.92 Å². The lowest BCUT2D eigenvalue weighted by Gasteiger charge is -2.23. The molecule has 1 aromatic heterocycles. The molecule has 8 nitrogen and oxygen atoms in total. The summed E-state index contributed by atoms with van der Waals surface area (Å²) in [7, 11) is 0. The summed E-state index contributed by atoms with van der Waals surface area (Å²) in [6, 6.07) is 1.36. The third-order valence-corrected chi connectivity index (χ3v) is 2.66. The van der Waals surface area contributed by atoms with E-state index in [9.17, 15) is 19.8 Å². The molecular formula is C15H24N2O6. The fourth-order valence-corrected chi connectivity index (χ4v) is 1.78. The van der Waals surface area contributed by atoms with Crippen molar-refractivity contribution in [1.29, 1.82) is 0 Å². The second-order valence-electron chi connectivity index (χ2n) is 6.58. The Morgan fingerprint density at radius 2 is 1.74 bits per heavy atom. The van der Waals surface area contributed by atoms with Crippen LogP contribution in [0.3, 0.4) is 0 Å². The molecule has 1 aromatic rings. The van der Waals surface area contributed by atoms with Crippen molar-refractivity contribution in [2.45, 2.75) is 52.7 Å². The molecule has 23 heavy (non-hydrogen) atoms. The lowest BCUT2D eigenvalue weighted by Crippen LogP contribution is -2.47. The fourth-order valence-electron chi connectivity index (χ4n) is 1.78. The third kappa shape index (κ3) is 6.09. The van der Waals surface area contributed by atoms with Gasteiger partial charge in [-0.15, -0.1) is 4.73 Å². The van der Waals surface area contributed by atoms with Gasteiger partial charge in [-0.05, 0) is 33.1 Å². The number of carbonyl (C=O) groups is 2. The highest BCUT2D eigenvalue weighted by Crippen LogP contribution is 2.19. The minimum Gasteiger partial charge on any atom is -0.492 e.